The minimum absolute atomic E-state index is 0.311. The van der Waals surface area contributed by atoms with Crippen LogP contribution in [0.25, 0.3) is 0 Å². The molecule has 0 aliphatic heterocycles. The summed E-state index contributed by atoms with van der Waals surface area (Å²) in [6.07, 6.45) is 0. The van der Waals surface area contributed by atoms with Gasteiger partial charge in [0.15, 0.2) is 6.04 Å². The van der Waals surface area contributed by atoms with Crippen LogP contribution >= 0.6 is 43.2 Å². The number of anilines is 1. The van der Waals surface area contributed by atoms with Crippen LogP contribution < -0.4 is 5.32 Å². The Kier molecular flexibility index (Phi) is 5.01. The quantitative estimate of drug-likeness (QED) is 0.756. The Balaban J connectivity index is 2.26. The molecule has 0 radical (unpaired) electrons. The van der Waals surface area contributed by atoms with Gasteiger partial charge >= 0.3 is 5.97 Å². The molecule has 19 heavy (non-hydrogen) atoms. The molecule has 0 aliphatic carbocycles. The molecule has 1 aromatic heterocycles. The van der Waals surface area contributed by atoms with Crippen LogP contribution in [0.15, 0.2) is 44.7 Å². The van der Waals surface area contributed by atoms with Crippen LogP contribution in [0.2, 0.25) is 0 Å². The predicted molar refractivity (Wildman–Crippen MR) is 84.5 cm³/mol. The van der Waals surface area contributed by atoms with Crippen LogP contribution in [0.4, 0.5) is 5.69 Å². The van der Waals surface area contributed by atoms with E-state index >= 15 is 0 Å². The van der Waals surface area contributed by atoms with Crippen molar-refractivity contribution in [2.24, 2.45) is 0 Å². The van der Waals surface area contributed by atoms with Gasteiger partial charge in [-0.3, -0.25) is 0 Å². The first-order valence-corrected chi connectivity index (χ1v) is 7.85. The molecule has 1 aromatic carbocycles. The molecular weight excluding hydrogens is 394 g/mol. The molecule has 0 saturated carbocycles. The molecule has 0 aliphatic rings. The van der Waals surface area contributed by atoms with Gasteiger partial charge in [0.2, 0.25) is 0 Å². The molecule has 1 heterocycles. The maximum atomic E-state index is 11.9. The van der Waals surface area contributed by atoms with Crippen molar-refractivity contribution in [3.05, 3.63) is 49.5 Å². The number of hydrogen-bond acceptors (Lipinski definition) is 4. The molecule has 100 valence electrons. The van der Waals surface area contributed by atoms with Crippen molar-refractivity contribution in [1.82, 2.24) is 0 Å². The first-order valence-electron chi connectivity index (χ1n) is 5.45. The summed E-state index contributed by atoms with van der Waals surface area (Å²) in [5, 5.41) is 3.19. The second-order valence-corrected chi connectivity index (χ2v) is 7.16. The summed E-state index contributed by atoms with van der Waals surface area (Å²) in [7, 11) is 1.39. The largest absolute Gasteiger partial charge is 0.467 e. The number of thiophene rings is 1. The highest BCUT2D eigenvalue weighted by Gasteiger charge is 2.23. The Morgan fingerprint density at radius 1 is 1.32 bits per heavy atom. The van der Waals surface area contributed by atoms with Gasteiger partial charge in [-0.05, 0) is 46.3 Å². The van der Waals surface area contributed by atoms with E-state index in [0.717, 1.165) is 18.8 Å². The predicted octanol–water partition coefficient (Wildman–Crippen LogP) is 4.60. The lowest BCUT2D eigenvalue weighted by Crippen LogP contribution is -2.21. The summed E-state index contributed by atoms with van der Waals surface area (Å²) in [5.74, 6) is -0.311. The fourth-order valence-electron chi connectivity index (χ4n) is 1.59. The topological polar surface area (TPSA) is 38.3 Å². The Bertz CT molecular complexity index is 586. The maximum absolute atomic E-state index is 11.9. The van der Waals surface area contributed by atoms with Crippen LogP contribution in [0.1, 0.15) is 10.9 Å². The molecule has 0 bridgehead atoms. The summed E-state index contributed by atoms with van der Waals surface area (Å²) in [6.45, 7) is 0. The van der Waals surface area contributed by atoms with E-state index in [-0.39, 0.29) is 5.97 Å². The lowest BCUT2D eigenvalue weighted by Gasteiger charge is -2.16. The second-order valence-electron chi connectivity index (χ2n) is 3.75. The number of hydrogen-bond donors (Lipinski definition) is 1. The van der Waals surface area contributed by atoms with Crippen molar-refractivity contribution < 1.29 is 9.53 Å². The third-order valence-corrected chi connectivity index (χ3v) is 4.63. The number of esters is 1. The Morgan fingerprint density at radius 3 is 2.68 bits per heavy atom. The molecular formula is C13H11Br2NO2S. The molecule has 6 heteroatoms. The Labute approximate surface area is 132 Å². The first kappa shape index (κ1) is 14.6. The average Bonchev–Trinajstić information content (AvgIpc) is 2.81. The number of carbonyl (C=O) groups is 1. The van der Waals surface area contributed by atoms with E-state index in [2.05, 4.69) is 37.2 Å². The third kappa shape index (κ3) is 3.81. The van der Waals surface area contributed by atoms with Crippen molar-refractivity contribution >= 4 is 54.9 Å². The number of rotatable bonds is 4. The number of halogens is 2. The summed E-state index contributed by atoms with van der Waals surface area (Å²) in [5.41, 5.74) is 0.856. The second kappa shape index (κ2) is 6.54. The van der Waals surface area contributed by atoms with Crippen LogP contribution in [-0.4, -0.2) is 13.1 Å². The van der Waals surface area contributed by atoms with Gasteiger partial charge in [0.1, 0.15) is 0 Å². The van der Waals surface area contributed by atoms with Crippen molar-refractivity contribution in [2.45, 2.75) is 6.04 Å². The van der Waals surface area contributed by atoms with E-state index in [1.807, 2.05) is 36.4 Å². The molecule has 2 rings (SSSR count). The number of methoxy groups -OCH3 is 1. The molecule has 1 atom stereocenters. The van der Waals surface area contributed by atoms with Gasteiger partial charge in [0.25, 0.3) is 0 Å². The van der Waals surface area contributed by atoms with Crippen molar-refractivity contribution in [1.29, 1.82) is 0 Å². The number of nitrogens with one attached hydrogen (secondary N) is 1. The van der Waals surface area contributed by atoms with Gasteiger partial charge in [-0.25, -0.2) is 4.79 Å². The van der Waals surface area contributed by atoms with Crippen LogP contribution in [0, 0.1) is 0 Å². The van der Waals surface area contributed by atoms with E-state index in [0.29, 0.717) is 0 Å². The standard InChI is InChI=1S/C13H11Br2NO2S/c1-18-13(17)12(10-5-6-11(15)19-10)16-9-4-2-3-8(14)7-9/h2-7,12,16H,1H3. The molecule has 0 fully saturated rings. The van der Waals surface area contributed by atoms with E-state index in [9.17, 15) is 4.79 Å². The molecule has 0 amide bonds. The molecule has 1 N–H and O–H groups in total. The molecule has 0 saturated heterocycles. The third-order valence-electron chi connectivity index (χ3n) is 2.45. The van der Waals surface area contributed by atoms with Gasteiger partial charge in [0, 0.05) is 15.0 Å². The highest BCUT2D eigenvalue weighted by Crippen LogP contribution is 2.30. The van der Waals surface area contributed by atoms with E-state index in [1.165, 1.54) is 18.4 Å². The summed E-state index contributed by atoms with van der Waals surface area (Å²) >= 11 is 8.31. The normalized spacial score (nSPS) is 11.9. The average molecular weight is 405 g/mol. The number of benzene rings is 1. The van der Waals surface area contributed by atoms with Crippen molar-refractivity contribution in [3.63, 3.8) is 0 Å². The zero-order valence-electron chi connectivity index (χ0n) is 10.0. The van der Waals surface area contributed by atoms with Crippen LogP contribution in [0.5, 0.6) is 0 Å². The van der Waals surface area contributed by atoms with Crippen LogP contribution in [0.3, 0.4) is 0 Å². The smallest absolute Gasteiger partial charge is 0.333 e. The maximum Gasteiger partial charge on any atom is 0.333 e. The van der Waals surface area contributed by atoms with Gasteiger partial charge in [-0.1, -0.05) is 22.0 Å². The zero-order valence-corrected chi connectivity index (χ0v) is 14.0. The molecule has 1 unspecified atom stereocenters. The zero-order chi connectivity index (χ0) is 13.8. The minimum Gasteiger partial charge on any atom is -0.467 e. The molecule has 3 nitrogen and oxygen atoms in total. The monoisotopic (exact) mass is 403 g/mol. The van der Waals surface area contributed by atoms with Gasteiger partial charge in [-0.15, -0.1) is 11.3 Å². The van der Waals surface area contributed by atoms with E-state index in [4.69, 9.17) is 4.74 Å². The van der Waals surface area contributed by atoms with Crippen molar-refractivity contribution in [3.8, 4) is 0 Å². The minimum atomic E-state index is -0.504. The SMILES string of the molecule is COC(=O)C(Nc1cccc(Br)c1)c1ccc(Br)s1. The van der Waals surface area contributed by atoms with E-state index in [1.54, 1.807) is 0 Å². The molecule has 0 spiro atoms. The van der Waals surface area contributed by atoms with Crippen LogP contribution in [-0.2, 0) is 9.53 Å². The van der Waals surface area contributed by atoms with Gasteiger partial charge in [-0.2, -0.15) is 0 Å². The van der Waals surface area contributed by atoms with E-state index < -0.39 is 6.04 Å². The lowest BCUT2D eigenvalue weighted by atomic mass is 10.2. The van der Waals surface area contributed by atoms with Gasteiger partial charge in [0.05, 0.1) is 10.9 Å². The number of ether oxygens (including phenoxy) is 1. The number of carbonyl (C=O) groups excluding carboxylic acids is 1. The summed E-state index contributed by atoms with van der Waals surface area (Å²) < 4.78 is 6.79. The lowest BCUT2D eigenvalue weighted by molar-refractivity contribution is -0.141. The highest BCUT2D eigenvalue weighted by atomic mass is 79.9. The highest BCUT2D eigenvalue weighted by molar-refractivity contribution is 9.11. The fraction of sp³-hybridized carbons (Fsp3) is 0.154. The van der Waals surface area contributed by atoms with Crippen molar-refractivity contribution in [2.75, 3.05) is 12.4 Å². The molecule has 2 aromatic rings. The summed E-state index contributed by atoms with van der Waals surface area (Å²) in [6, 6.07) is 11.0. The summed E-state index contributed by atoms with van der Waals surface area (Å²) in [4.78, 5) is 12.8. The van der Waals surface area contributed by atoms with Gasteiger partial charge < -0.3 is 10.1 Å². The fourth-order valence-corrected chi connectivity index (χ4v) is 3.45. The Hall–Kier alpha value is -0.850. The Morgan fingerprint density at radius 2 is 2.11 bits per heavy atom. The first-order chi connectivity index (χ1) is 9.10.